The summed E-state index contributed by atoms with van der Waals surface area (Å²) in [6.45, 7) is 2.13. The Hall–Kier alpha value is -0.970. The highest BCUT2D eigenvalue weighted by molar-refractivity contribution is 5.98. The van der Waals surface area contributed by atoms with Gasteiger partial charge in [-0.15, -0.1) is 0 Å². The number of nitrogens with one attached hydrogen (secondary N) is 1. The Kier molecular flexibility index (Phi) is 4.00. The third kappa shape index (κ3) is 3.06. The molecule has 1 N–H and O–H groups in total. The van der Waals surface area contributed by atoms with Gasteiger partial charge in [0.05, 0.1) is 12.6 Å². The minimum Gasteiger partial charge on any atom is -0.466 e. The van der Waals surface area contributed by atoms with E-state index in [-0.39, 0.29) is 31.8 Å². The molecule has 1 aliphatic rings. The Morgan fingerprint density at radius 1 is 1.57 bits per heavy atom. The molecule has 0 unspecified atom stereocenters. The second-order valence-electron chi connectivity index (χ2n) is 3.24. The smallest absolute Gasteiger partial charge is 0.313 e. The molecule has 0 aliphatic carbocycles. The highest BCUT2D eigenvalue weighted by atomic mass is 19.1. The molecule has 0 saturated carbocycles. The zero-order chi connectivity index (χ0) is 10.6. The maximum absolute atomic E-state index is 12.7. The van der Waals surface area contributed by atoms with Gasteiger partial charge in [0.2, 0.25) is 0 Å². The Balaban J connectivity index is 2.31. The Morgan fingerprint density at radius 2 is 2.29 bits per heavy atom. The number of halogens is 1. The summed E-state index contributed by atoms with van der Waals surface area (Å²) in [4.78, 5) is 22.3. The molecular formula is C9H14FNO3. The van der Waals surface area contributed by atoms with Crippen molar-refractivity contribution in [2.24, 2.45) is 0 Å². The van der Waals surface area contributed by atoms with Crippen molar-refractivity contribution >= 4 is 11.8 Å². The lowest BCUT2D eigenvalue weighted by Crippen LogP contribution is -2.32. The maximum atomic E-state index is 12.7. The van der Waals surface area contributed by atoms with Crippen LogP contribution in [0.2, 0.25) is 0 Å². The molecule has 80 valence electrons. The molecule has 0 spiro atoms. The van der Waals surface area contributed by atoms with E-state index in [4.69, 9.17) is 0 Å². The monoisotopic (exact) mass is 203 g/mol. The van der Waals surface area contributed by atoms with Crippen LogP contribution in [0.4, 0.5) is 4.39 Å². The van der Waals surface area contributed by atoms with Gasteiger partial charge in [0.15, 0.2) is 5.78 Å². The third-order valence-corrected chi connectivity index (χ3v) is 2.09. The van der Waals surface area contributed by atoms with E-state index in [9.17, 15) is 14.0 Å². The van der Waals surface area contributed by atoms with Crippen LogP contribution in [0.5, 0.6) is 0 Å². The summed E-state index contributed by atoms with van der Waals surface area (Å²) in [6.07, 6.45) is -1.08. The summed E-state index contributed by atoms with van der Waals surface area (Å²) in [6, 6.07) is -0.519. The summed E-state index contributed by atoms with van der Waals surface area (Å²) < 4.78 is 17.3. The van der Waals surface area contributed by atoms with Crippen LogP contribution in [0.15, 0.2) is 0 Å². The number of carbonyl (C=O) groups is 2. The fraction of sp³-hybridized carbons (Fsp3) is 0.778. The number of hydrogen-bond acceptors (Lipinski definition) is 4. The number of esters is 1. The minimum absolute atomic E-state index is 0.165. The molecule has 1 fully saturated rings. The summed E-state index contributed by atoms with van der Waals surface area (Å²) in [5.74, 6) is -0.829. The molecule has 1 rings (SSSR count). The first-order chi connectivity index (χ1) is 6.63. The van der Waals surface area contributed by atoms with Crippen molar-refractivity contribution < 1.29 is 18.7 Å². The minimum atomic E-state index is -0.980. The molecule has 1 aliphatic heterocycles. The topological polar surface area (TPSA) is 55.4 Å². The zero-order valence-electron chi connectivity index (χ0n) is 8.09. The Labute approximate surface area is 81.8 Å². The fourth-order valence-corrected chi connectivity index (χ4v) is 1.42. The van der Waals surface area contributed by atoms with Gasteiger partial charge >= 0.3 is 5.97 Å². The average molecular weight is 203 g/mol. The van der Waals surface area contributed by atoms with E-state index >= 15 is 0 Å². The summed E-state index contributed by atoms with van der Waals surface area (Å²) in [5, 5.41) is 2.72. The van der Waals surface area contributed by atoms with Crippen molar-refractivity contribution in [3.05, 3.63) is 0 Å². The van der Waals surface area contributed by atoms with E-state index in [2.05, 4.69) is 10.1 Å². The van der Waals surface area contributed by atoms with Gasteiger partial charge in [-0.05, 0) is 6.92 Å². The van der Waals surface area contributed by atoms with E-state index in [0.29, 0.717) is 0 Å². The van der Waals surface area contributed by atoms with Crippen LogP contribution in [-0.2, 0) is 14.3 Å². The fourth-order valence-electron chi connectivity index (χ4n) is 1.42. The SMILES string of the molecule is CCOC(=O)CC(=O)[C@H]1C[C@@H](F)CN1. The van der Waals surface area contributed by atoms with Crippen molar-refractivity contribution in [3.63, 3.8) is 0 Å². The van der Waals surface area contributed by atoms with Gasteiger partial charge in [-0.3, -0.25) is 9.59 Å². The normalized spacial score (nSPS) is 26.1. The third-order valence-electron chi connectivity index (χ3n) is 2.09. The molecule has 0 radical (unpaired) electrons. The molecule has 4 nitrogen and oxygen atoms in total. The number of ether oxygens (including phenoxy) is 1. The molecule has 0 aromatic rings. The lowest BCUT2D eigenvalue weighted by atomic mass is 10.1. The number of rotatable bonds is 4. The summed E-state index contributed by atoms with van der Waals surface area (Å²) in [5.41, 5.74) is 0. The zero-order valence-corrected chi connectivity index (χ0v) is 8.09. The van der Waals surface area contributed by atoms with Crippen molar-refractivity contribution in [2.75, 3.05) is 13.2 Å². The van der Waals surface area contributed by atoms with Crippen molar-refractivity contribution in [1.82, 2.24) is 5.32 Å². The standard InChI is InChI=1S/C9H14FNO3/c1-2-14-9(13)4-8(12)7-3-6(10)5-11-7/h6-7,11H,2-5H2,1H3/t6-,7-/m1/s1. The summed E-state index contributed by atoms with van der Waals surface area (Å²) in [7, 11) is 0. The highest BCUT2D eigenvalue weighted by Crippen LogP contribution is 2.12. The van der Waals surface area contributed by atoms with E-state index in [1.807, 2.05) is 0 Å². The number of Topliss-reactive ketones (excluding diaryl/α,β-unsaturated/α-hetero) is 1. The average Bonchev–Trinajstić information content (AvgIpc) is 2.52. The van der Waals surface area contributed by atoms with Crippen LogP contribution in [0.1, 0.15) is 19.8 Å². The van der Waals surface area contributed by atoms with Crippen LogP contribution >= 0.6 is 0 Å². The van der Waals surface area contributed by atoms with Gasteiger partial charge in [0, 0.05) is 13.0 Å². The van der Waals surface area contributed by atoms with Crippen LogP contribution < -0.4 is 5.32 Å². The highest BCUT2D eigenvalue weighted by Gasteiger charge is 2.30. The van der Waals surface area contributed by atoms with Gasteiger partial charge in [0.25, 0.3) is 0 Å². The number of alkyl halides is 1. The molecule has 1 heterocycles. The predicted octanol–water partition coefficient (Wildman–Crippen LogP) is 0.209. The first-order valence-electron chi connectivity index (χ1n) is 4.69. The first kappa shape index (κ1) is 11.1. The summed E-state index contributed by atoms with van der Waals surface area (Å²) >= 11 is 0. The molecule has 14 heavy (non-hydrogen) atoms. The van der Waals surface area contributed by atoms with Gasteiger partial charge in [-0.25, -0.2) is 4.39 Å². The van der Waals surface area contributed by atoms with Crippen LogP contribution in [0, 0.1) is 0 Å². The van der Waals surface area contributed by atoms with E-state index in [1.54, 1.807) is 6.92 Å². The molecular weight excluding hydrogens is 189 g/mol. The number of carbonyl (C=O) groups excluding carboxylic acids is 2. The van der Waals surface area contributed by atoms with E-state index in [0.717, 1.165) is 0 Å². The lowest BCUT2D eigenvalue weighted by Gasteiger charge is -2.07. The molecule has 5 heteroatoms. The van der Waals surface area contributed by atoms with Gasteiger partial charge in [-0.1, -0.05) is 0 Å². The second kappa shape index (κ2) is 5.05. The predicted molar refractivity (Wildman–Crippen MR) is 47.6 cm³/mol. The van der Waals surface area contributed by atoms with E-state index < -0.39 is 18.2 Å². The molecule has 1 saturated heterocycles. The van der Waals surface area contributed by atoms with Crippen molar-refractivity contribution in [3.8, 4) is 0 Å². The quantitative estimate of drug-likeness (QED) is 0.524. The first-order valence-corrected chi connectivity index (χ1v) is 4.69. The van der Waals surface area contributed by atoms with Crippen molar-refractivity contribution in [1.29, 1.82) is 0 Å². The molecule has 0 aromatic heterocycles. The lowest BCUT2D eigenvalue weighted by molar-refractivity contribution is -0.145. The van der Waals surface area contributed by atoms with Crippen LogP contribution in [0.25, 0.3) is 0 Å². The van der Waals surface area contributed by atoms with E-state index in [1.165, 1.54) is 0 Å². The molecule has 0 aromatic carbocycles. The largest absolute Gasteiger partial charge is 0.466 e. The molecule has 0 amide bonds. The number of ketones is 1. The van der Waals surface area contributed by atoms with Gasteiger partial charge < -0.3 is 10.1 Å². The molecule has 0 bridgehead atoms. The Morgan fingerprint density at radius 3 is 2.79 bits per heavy atom. The van der Waals surface area contributed by atoms with Crippen LogP contribution in [0.3, 0.4) is 0 Å². The Bertz CT molecular complexity index is 232. The van der Waals surface area contributed by atoms with Gasteiger partial charge in [0.1, 0.15) is 12.6 Å². The van der Waals surface area contributed by atoms with Gasteiger partial charge in [-0.2, -0.15) is 0 Å². The number of hydrogen-bond donors (Lipinski definition) is 1. The van der Waals surface area contributed by atoms with Crippen molar-refractivity contribution in [2.45, 2.75) is 32.0 Å². The maximum Gasteiger partial charge on any atom is 0.313 e. The van der Waals surface area contributed by atoms with Crippen LogP contribution in [-0.4, -0.2) is 37.1 Å². The second-order valence-corrected chi connectivity index (χ2v) is 3.24. The molecule has 2 atom stereocenters.